The van der Waals surface area contributed by atoms with Crippen molar-refractivity contribution in [1.82, 2.24) is 5.43 Å². The molecule has 0 unspecified atom stereocenters. The molecule has 0 aliphatic carbocycles. The molecular weight excluding hydrogens is 294 g/mol. The molecule has 2 N–H and O–H groups in total. The van der Waals surface area contributed by atoms with Crippen LogP contribution in [0.15, 0.2) is 47.6 Å². The Labute approximate surface area is 136 Å². The number of benzene rings is 2. The molecule has 0 heterocycles. The maximum atomic E-state index is 5.26. The van der Waals surface area contributed by atoms with Crippen LogP contribution in [0.25, 0.3) is 0 Å². The van der Waals surface area contributed by atoms with Crippen molar-refractivity contribution in [3.05, 3.63) is 59.2 Å². The van der Waals surface area contributed by atoms with Gasteiger partial charge in [-0.3, -0.25) is 5.43 Å². The predicted octanol–water partition coefficient (Wildman–Crippen LogP) is 3.63. The minimum Gasteiger partial charge on any atom is -0.497 e. The van der Waals surface area contributed by atoms with Crippen molar-refractivity contribution in [3.63, 3.8) is 0 Å². The molecule has 0 saturated carbocycles. The highest BCUT2D eigenvalue weighted by molar-refractivity contribution is 7.80. The van der Waals surface area contributed by atoms with Gasteiger partial charge in [0, 0.05) is 5.69 Å². The second kappa shape index (κ2) is 7.56. The fourth-order valence-corrected chi connectivity index (χ4v) is 2.20. The van der Waals surface area contributed by atoms with E-state index in [-0.39, 0.29) is 0 Å². The number of ether oxygens (including phenoxy) is 1. The number of hydrogen-bond acceptors (Lipinski definition) is 3. The average Bonchev–Trinajstić information content (AvgIpc) is 2.51. The molecule has 4 nitrogen and oxygen atoms in total. The molecule has 0 atom stereocenters. The van der Waals surface area contributed by atoms with Gasteiger partial charge in [0.2, 0.25) is 0 Å². The summed E-state index contributed by atoms with van der Waals surface area (Å²) < 4.78 is 5.17. The molecule has 2 aromatic carbocycles. The zero-order valence-corrected chi connectivity index (χ0v) is 13.7. The largest absolute Gasteiger partial charge is 0.497 e. The van der Waals surface area contributed by atoms with E-state index in [1.165, 1.54) is 0 Å². The summed E-state index contributed by atoms with van der Waals surface area (Å²) in [5.41, 5.74) is 7.04. The van der Waals surface area contributed by atoms with E-state index >= 15 is 0 Å². The molecule has 5 heteroatoms. The van der Waals surface area contributed by atoms with Gasteiger partial charge in [-0.1, -0.05) is 30.3 Å². The van der Waals surface area contributed by atoms with Crippen LogP contribution in [0.3, 0.4) is 0 Å². The van der Waals surface area contributed by atoms with Gasteiger partial charge in [0.25, 0.3) is 0 Å². The lowest BCUT2D eigenvalue weighted by atomic mass is 10.1. The van der Waals surface area contributed by atoms with Gasteiger partial charge in [-0.15, -0.1) is 0 Å². The number of thiocarbonyl (C=S) groups is 1. The number of nitrogens with zero attached hydrogens (tertiary/aromatic N) is 1. The first-order valence-electron chi connectivity index (χ1n) is 6.90. The molecule has 114 valence electrons. The zero-order chi connectivity index (χ0) is 15.9. The summed E-state index contributed by atoms with van der Waals surface area (Å²) in [6, 6.07) is 13.7. The Morgan fingerprint density at radius 2 is 1.82 bits per heavy atom. The lowest BCUT2D eigenvalue weighted by Gasteiger charge is -2.12. The first-order chi connectivity index (χ1) is 10.6. The lowest BCUT2D eigenvalue weighted by Crippen LogP contribution is -2.24. The third kappa shape index (κ3) is 4.30. The minimum absolute atomic E-state index is 0.455. The number of methoxy groups -OCH3 is 1. The fraction of sp³-hybridized carbons (Fsp3) is 0.176. The normalized spacial score (nSPS) is 10.5. The summed E-state index contributed by atoms with van der Waals surface area (Å²) in [7, 11) is 1.64. The van der Waals surface area contributed by atoms with Crippen LogP contribution in [0.5, 0.6) is 5.75 Å². The van der Waals surface area contributed by atoms with Gasteiger partial charge < -0.3 is 10.1 Å². The van der Waals surface area contributed by atoms with Gasteiger partial charge in [-0.2, -0.15) is 5.10 Å². The molecule has 22 heavy (non-hydrogen) atoms. The Balaban J connectivity index is 1.96. The van der Waals surface area contributed by atoms with Crippen molar-refractivity contribution >= 4 is 29.2 Å². The Kier molecular flexibility index (Phi) is 5.49. The molecule has 0 saturated heterocycles. The van der Waals surface area contributed by atoms with E-state index in [0.29, 0.717) is 5.11 Å². The molecule has 2 aromatic rings. The average molecular weight is 313 g/mol. The Morgan fingerprint density at radius 3 is 2.50 bits per heavy atom. The number of aryl methyl sites for hydroxylation is 2. The highest BCUT2D eigenvalue weighted by Crippen LogP contribution is 2.19. The second-order valence-corrected chi connectivity index (χ2v) is 5.28. The number of hydrazone groups is 1. The van der Waals surface area contributed by atoms with Crippen molar-refractivity contribution in [1.29, 1.82) is 0 Å². The summed E-state index contributed by atoms with van der Waals surface area (Å²) in [4.78, 5) is 0. The van der Waals surface area contributed by atoms with Crippen LogP contribution < -0.4 is 15.5 Å². The van der Waals surface area contributed by atoms with Gasteiger partial charge in [0.1, 0.15) is 5.75 Å². The van der Waals surface area contributed by atoms with E-state index in [1.54, 1.807) is 13.3 Å². The Morgan fingerprint density at radius 1 is 1.14 bits per heavy atom. The summed E-state index contributed by atoms with van der Waals surface area (Å²) >= 11 is 5.26. The highest BCUT2D eigenvalue weighted by Gasteiger charge is 2.03. The molecular formula is C17H19N3OS. The number of anilines is 1. The van der Waals surface area contributed by atoms with Crippen molar-refractivity contribution < 1.29 is 4.74 Å². The van der Waals surface area contributed by atoms with Crippen LogP contribution in [0.4, 0.5) is 5.69 Å². The van der Waals surface area contributed by atoms with Gasteiger partial charge >= 0.3 is 0 Å². The Bertz CT molecular complexity index is 678. The van der Waals surface area contributed by atoms with Crippen LogP contribution >= 0.6 is 12.2 Å². The molecule has 0 aliphatic rings. The second-order valence-electron chi connectivity index (χ2n) is 4.87. The van der Waals surface area contributed by atoms with Crippen LogP contribution in [-0.4, -0.2) is 18.4 Å². The molecule has 0 aliphatic heterocycles. The van der Waals surface area contributed by atoms with E-state index in [9.17, 15) is 0 Å². The van der Waals surface area contributed by atoms with Gasteiger partial charge in [-0.05, 0) is 54.9 Å². The van der Waals surface area contributed by atoms with E-state index in [1.807, 2.05) is 56.3 Å². The van der Waals surface area contributed by atoms with Crippen LogP contribution in [0.2, 0.25) is 0 Å². The predicted molar refractivity (Wildman–Crippen MR) is 95.9 cm³/mol. The number of rotatable bonds is 4. The van der Waals surface area contributed by atoms with Crippen LogP contribution in [0.1, 0.15) is 16.7 Å². The molecule has 2 rings (SSSR count). The van der Waals surface area contributed by atoms with E-state index < -0.39 is 0 Å². The summed E-state index contributed by atoms with van der Waals surface area (Å²) in [6.07, 6.45) is 1.70. The molecule has 0 fully saturated rings. The monoisotopic (exact) mass is 313 g/mol. The van der Waals surface area contributed by atoms with Crippen molar-refractivity contribution in [2.24, 2.45) is 5.10 Å². The maximum Gasteiger partial charge on any atom is 0.191 e. The first-order valence-corrected chi connectivity index (χ1v) is 7.31. The molecule has 0 aromatic heterocycles. The van der Waals surface area contributed by atoms with Gasteiger partial charge in [-0.25, -0.2) is 0 Å². The summed E-state index contributed by atoms with van der Waals surface area (Å²) in [5, 5.41) is 7.76. The lowest BCUT2D eigenvalue weighted by molar-refractivity contribution is 0.415. The highest BCUT2D eigenvalue weighted by atomic mass is 32.1. The third-order valence-corrected chi connectivity index (χ3v) is 3.39. The minimum atomic E-state index is 0.455. The van der Waals surface area contributed by atoms with Gasteiger partial charge in [0.15, 0.2) is 5.11 Å². The molecule has 0 spiro atoms. The zero-order valence-electron chi connectivity index (χ0n) is 12.9. The van der Waals surface area contributed by atoms with E-state index in [0.717, 1.165) is 28.1 Å². The summed E-state index contributed by atoms with van der Waals surface area (Å²) in [5.74, 6) is 0.792. The standard InChI is InChI=1S/C17H19N3OS/c1-12-6-4-7-13(2)16(12)19-17(22)20-18-11-14-8-5-9-15(10-14)21-3/h4-11H,1-3H3,(H2,19,20,22)/b18-11+. The Hall–Kier alpha value is -2.40. The topological polar surface area (TPSA) is 45.6 Å². The number of nitrogens with one attached hydrogen (secondary N) is 2. The van der Waals surface area contributed by atoms with Crippen molar-refractivity contribution in [2.75, 3.05) is 12.4 Å². The number of para-hydroxylation sites is 1. The smallest absolute Gasteiger partial charge is 0.191 e. The molecule has 0 radical (unpaired) electrons. The SMILES string of the molecule is COc1cccc(/C=N/NC(=S)Nc2c(C)cccc2C)c1. The molecule has 0 bridgehead atoms. The molecule has 0 amide bonds. The fourth-order valence-electron chi connectivity index (χ4n) is 2.04. The third-order valence-electron chi connectivity index (χ3n) is 3.19. The van der Waals surface area contributed by atoms with Crippen LogP contribution in [-0.2, 0) is 0 Å². The maximum absolute atomic E-state index is 5.26. The van der Waals surface area contributed by atoms with E-state index in [2.05, 4.69) is 15.8 Å². The van der Waals surface area contributed by atoms with Crippen LogP contribution in [0, 0.1) is 13.8 Å². The van der Waals surface area contributed by atoms with Crippen molar-refractivity contribution in [2.45, 2.75) is 13.8 Å². The quantitative estimate of drug-likeness (QED) is 0.514. The van der Waals surface area contributed by atoms with Crippen molar-refractivity contribution in [3.8, 4) is 5.75 Å². The number of hydrogen-bond donors (Lipinski definition) is 2. The van der Waals surface area contributed by atoms with E-state index in [4.69, 9.17) is 17.0 Å². The van der Waals surface area contributed by atoms with Gasteiger partial charge in [0.05, 0.1) is 13.3 Å². The first kappa shape index (κ1) is 16.0. The summed E-state index contributed by atoms with van der Waals surface area (Å²) in [6.45, 7) is 4.08.